The summed E-state index contributed by atoms with van der Waals surface area (Å²) in [6, 6.07) is 15.2. The topological polar surface area (TPSA) is 91.2 Å². The minimum atomic E-state index is -0.334. The number of nitriles is 1. The van der Waals surface area contributed by atoms with E-state index in [4.69, 9.17) is 10.00 Å². The van der Waals surface area contributed by atoms with Gasteiger partial charge in [0.05, 0.1) is 17.4 Å². The molecule has 0 aliphatic carbocycles. The van der Waals surface area contributed by atoms with Crippen LogP contribution in [-0.4, -0.2) is 31.1 Å². The second-order valence-corrected chi connectivity index (χ2v) is 6.03. The molecule has 0 bridgehead atoms. The Kier molecular flexibility index (Phi) is 5.62. The second-order valence-electron chi connectivity index (χ2n) is 6.03. The van der Waals surface area contributed by atoms with E-state index in [1.165, 1.54) is 0 Å². The highest BCUT2D eigenvalue weighted by Gasteiger charge is 2.17. The lowest BCUT2D eigenvalue weighted by Gasteiger charge is -2.11. The van der Waals surface area contributed by atoms with Gasteiger partial charge in [0.2, 0.25) is 0 Å². The number of carbonyl (C=O) groups is 2. The Bertz CT molecular complexity index is 834. The van der Waals surface area contributed by atoms with Crippen molar-refractivity contribution in [2.24, 2.45) is 0 Å². The van der Waals surface area contributed by atoms with E-state index in [9.17, 15) is 9.59 Å². The van der Waals surface area contributed by atoms with Crippen LogP contribution >= 0.6 is 0 Å². The number of ether oxygens (including phenoxy) is 1. The molecule has 2 aromatic carbocycles. The fourth-order valence-electron chi connectivity index (χ4n) is 2.77. The van der Waals surface area contributed by atoms with E-state index >= 15 is 0 Å². The molecular formula is C20H19N3O3. The van der Waals surface area contributed by atoms with E-state index in [0.29, 0.717) is 28.9 Å². The van der Waals surface area contributed by atoms with Crippen molar-refractivity contribution in [1.29, 1.82) is 5.26 Å². The highest BCUT2D eigenvalue weighted by atomic mass is 16.5. The number of benzene rings is 2. The van der Waals surface area contributed by atoms with Crippen molar-refractivity contribution < 1.29 is 14.3 Å². The molecule has 132 valence electrons. The number of hydrogen-bond acceptors (Lipinski definition) is 4. The molecule has 1 unspecified atom stereocenters. The summed E-state index contributed by atoms with van der Waals surface area (Å²) >= 11 is 0. The van der Waals surface area contributed by atoms with Gasteiger partial charge in [-0.05, 0) is 49.2 Å². The van der Waals surface area contributed by atoms with Gasteiger partial charge in [0, 0.05) is 24.3 Å². The van der Waals surface area contributed by atoms with Crippen LogP contribution in [0.25, 0.3) is 0 Å². The predicted octanol–water partition coefficient (Wildman–Crippen LogP) is 2.72. The molecule has 2 aromatic rings. The number of nitrogens with one attached hydrogen (secondary N) is 2. The zero-order valence-electron chi connectivity index (χ0n) is 14.2. The lowest BCUT2D eigenvalue weighted by atomic mass is 10.1. The Morgan fingerprint density at radius 1 is 1.08 bits per heavy atom. The van der Waals surface area contributed by atoms with Gasteiger partial charge >= 0.3 is 0 Å². The Morgan fingerprint density at radius 3 is 2.42 bits per heavy atom. The summed E-state index contributed by atoms with van der Waals surface area (Å²) in [6.45, 7) is 1.24. The fraction of sp³-hybridized carbons (Fsp3) is 0.250. The molecule has 6 nitrogen and oxygen atoms in total. The van der Waals surface area contributed by atoms with Crippen molar-refractivity contribution >= 4 is 17.5 Å². The van der Waals surface area contributed by atoms with Gasteiger partial charge in [-0.3, -0.25) is 9.59 Å². The smallest absolute Gasteiger partial charge is 0.255 e. The molecule has 0 saturated carbocycles. The third kappa shape index (κ3) is 4.26. The van der Waals surface area contributed by atoms with Crippen LogP contribution in [0.5, 0.6) is 0 Å². The molecule has 1 fully saturated rings. The summed E-state index contributed by atoms with van der Waals surface area (Å²) in [5.74, 6) is -0.527. The third-order valence-electron chi connectivity index (χ3n) is 4.22. The van der Waals surface area contributed by atoms with Crippen molar-refractivity contribution in [3.05, 3.63) is 65.2 Å². The van der Waals surface area contributed by atoms with Crippen molar-refractivity contribution in [3.8, 4) is 6.07 Å². The van der Waals surface area contributed by atoms with Crippen LogP contribution < -0.4 is 10.6 Å². The fourth-order valence-corrected chi connectivity index (χ4v) is 2.77. The van der Waals surface area contributed by atoms with Crippen LogP contribution in [0.15, 0.2) is 48.5 Å². The molecule has 0 radical (unpaired) electrons. The number of hydrogen-bond donors (Lipinski definition) is 2. The van der Waals surface area contributed by atoms with Crippen molar-refractivity contribution in [1.82, 2.24) is 5.32 Å². The first-order valence-electron chi connectivity index (χ1n) is 8.47. The number of nitrogens with zero attached hydrogens (tertiary/aromatic N) is 1. The lowest BCUT2D eigenvalue weighted by Crippen LogP contribution is -2.31. The molecule has 26 heavy (non-hydrogen) atoms. The van der Waals surface area contributed by atoms with Gasteiger partial charge in [-0.2, -0.15) is 5.26 Å². The normalized spacial score (nSPS) is 15.9. The lowest BCUT2D eigenvalue weighted by molar-refractivity contribution is 0.0857. The third-order valence-corrected chi connectivity index (χ3v) is 4.22. The van der Waals surface area contributed by atoms with Crippen molar-refractivity contribution in [3.63, 3.8) is 0 Å². The van der Waals surface area contributed by atoms with Crippen LogP contribution in [0, 0.1) is 11.3 Å². The minimum absolute atomic E-state index is 0.0872. The van der Waals surface area contributed by atoms with E-state index in [-0.39, 0.29) is 17.9 Å². The molecule has 0 spiro atoms. The van der Waals surface area contributed by atoms with Crippen molar-refractivity contribution in [2.45, 2.75) is 18.9 Å². The van der Waals surface area contributed by atoms with E-state index in [2.05, 4.69) is 10.6 Å². The van der Waals surface area contributed by atoms with Gasteiger partial charge in [-0.1, -0.05) is 12.1 Å². The first-order chi connectivity index (χ1) is 12.7. The number of rotatable bonds is 5. The van der Waals surface area contributed by atoms with Gasteiger partial charge in [0.1, 0.15) is 6.07 Å². The second kappa shape index (κ2) is 8.28. The van der Waals surface area contributed by atoms with Gasteiger partial charge in [0.25, 0.3) is 11.8 Å². The maximum absolute atomic E-state index is 12.3. The molecule has 3 rings (SSSR count). The van der Waals surface area contributed by atoms with E-state index in [0.717, 1.165) is 19.4 Å². The average molecular weight is 349 g/mol. The first-order valence-corrected chi connectivity index (χ1v) is 8.47. The number of para-hydroxylation sites is 1. The number of anilines is 1. The summed E-state index contributed by atoms with van der Waals surface area (Å²) in [5, 5.41) is 14.6. The molecular weight excluding hydrogens is 330 g/mol. The predicted molar refractivity (Wildman–Crippen MR) is 96.9 cm³/mol. The monoisotopic (exact) mass is 349 g/mol. The largest absolute Gasteiger partial charge is 0.376 e. The van der Waals surface area contributed by atoms with Gasteiger partial charge in [-0.25, -0.2) is 0 Å². The van der Waals surface area contributed by atoms with Crippen molar-refractivity contribution in [2.75, 3.05) is 18.5 Å². The molecule has 0 aromatic heterocycles. The SMILES string of the molecule is N#Cc1ccccc1NC(=O)c1ccc(C(=O)NCC2CCCO2)cc1. The van der Waals surface area contributed by atoms with E-state index < -0.39 is 0 Å². The first kappa shape index (κ1) is 17.6. The molecule has 1 saturated heterocycles. The standard InChI is InChI=1S/C20H19N3O3/c21-12-16-4-1-2-6-18(16)23-20(25)15-9-7-14(8-10-15)19(24)22-13-17-5-3-11-26-17/h1-2,4,6-10,17H,3,5,11,13H2,(H,22,24)(H,23,25). The Balaban J connectivity index is 1.60. The molecule has 2 N–H and O–H groups in total. The number of amides is 2. The zero-order valence-corrected chi connectivity index (χ0v) is 14.2. The van der Waals surface area contributed by atoms with Crippen LogP contribution in [0.1, 0.15) is 39.1 Å². The summed E-state index contributed by atoms with van der Waals surface area (Å²) in [4.78, 5) is 24.5. The zero-order chi connectivity index (χ0) is 18.4. The maximum atomic E-state index is 12.3. The number of carbonyl (C=O) groups excluding carboxylic acids is 2. The van der Waals surface area contributed by atoms with Gasteiger partial charge in [0.15, 0.2) is 0 Å². The van der Waals surface area contributed by atoms with E-state index in [1.54, 1.807) is 48.5 Å². The highest BCUT2D eigenvalue weighted by Crippen LogP contribution is 2.15. The summed E-state index contributed by atoms with van der Waals surface area (Å²) in [6.07, 6.45) is 2.08. The molecule has 2 amide bonds. The summed E-state index contributed by atoms with van der Waals surface area (Å²) in [5.41, 5.74) is 1.75. The van der Waals surface area contributed by atoms with Crippen LogP contribution in [0.2, 0.25) is 0 Å². The summed E-state index contributed by atoms with van der Waals surface area (Å²) < 4.78 is 5.47. The minimum Gasteiger partial charge on any atom is -0.376 e. The Hall–Kier alpha value is -3.17. The molecule has 1 atom stereocenters. The Morgan fingerprint density at radius 2 is 1.77 bits per heavy atom. The highest BCUT2D eigenvalue weighted by molar-refractivity contribution is 6.05. The van der Waals surface area contributed by atoms with Crippen LogP contribution in [0.4, 0.5) is 5.69 Å². The molecule has 6 heteroatoms. The molecule has 1 heterocycles. The maximum Gasteiger partial charge on any atom is 0.255 e. The average Bonchev–Trinajstić information content (AvgIpc) is 3.20. The molecule has 1 aliphatic heterocycles. The Labute approximate surface area is 151 Å². The summed E-state index contributed by atoms with van der Waals surface area (Å²) in [7, 11) is 0. The van der Waals surface area contributed by atoms with Gasteiger partial charge in [-0.15, -0.1) is 0 Å². The molecule has 1 aliphatic rings. The van der Waals surface area contributed by atoms with Crippen LogP contribution in [-0.2, 0) is 4.74 Å². The van der Waals surface area contributed by atoms with Crippen LogP contribution in [0.3, 0.4) is 0 Å². The van der Waals surface area contributed by atoms with E-state index in [1.807, 2.05) is 6.07 Å². The van der Waals surface area contributed by atoms with Gasteiger partial charge < -0.3 is 15.4 Å². The quantitative estimate of drug-likeness (QED) is 0.868.